The summed E-state index contributed by atoms with van der Waals surface area (Å²) in [7, 11) is 1.97. The molecule has 1 aromatic carbocycles. The molecule has 0 bridgehead atoms. The molecule has 0 radical (unpaired) electrons. The molecule has 0 amide bonds. The highest BCUT2D eigenvalue weighted by atomic mass is 35.5. The minimum Gasteiger partial charge on any atom is -0.310 e. The van der Waals surface area contributed by atoms with Gasteiger partial charge in [-0.1, -0.05) is 42.3 Å². The summed E-state index contributed by atoms with van der Waals surface area (Å²) in [6, 6.07) is 8.08. The highest BCUT2D eigenvalue weighted by molar-refractivity contribution is 6.42. The number of hydrogen-bond donors (Lipinski definition) is 1. The van der Waals surface area contributed by atoms with Crippen molar-refractivity contribution in [1.82, 2.24) is 15.1 Å². The van der Waals surface area contributed by atoms with Crippen LogP contribution in [0.15, 0.2) is 30.5 Å². The number of halogens is 2. The Morgan fingerprint density at radius 3 is 2.76 bits per heavy atom. The quantitative estimate of drug-likeness (QED) is 0.817. The number of benzene rings is 1. The van der Waals surface area contributed by atoms with E-state index in [-0.39, 0.29) is 6.04 Å². The molecule has 0 saturated heterocycles. The fraction of sp³-hybridized carbons (Fsp3) is 0.438. The van der Waals surface area contributed by atoms with Crippen LogP contribution in [-0.2, 0) is 13.5 Å². The van der Waals surface area contributed by atoms with Gasteiger partial charge in [0.1, 0.15) is 0 Å². The van der Waals surface area contributed by atoms with E-state index in [4.69, 9.17) is 23.2 Å². The molecular formula is C16H21Cl2N3. The summed E-state index contributed by atoms with van der Waals surface area (Å²) in [5.41, 5.74) is 2.29. The molecule has 1 heterocycles. The van der Waals surface area contributed by atoms with Crippen molar-refractivity contribution >= 4 is 23.2 Å². The van der Waals surface area contributed by atoms with Crippen molar-refractivity contribution in [2.45, 2.75) is 32.2 Å². The average Bonchev–Trinajstić information content (AvgIpc) is 2.88. The van der Waals surface area contributed by atoms with E-state index < -0.39 is 0 Å². The maximum absolute atomic E-state index is 6.37. The summed E-state index contributed by atoms with van der Waals surface area (Å²) in [6.45, 7) is 3.11. The topological polar surface area (TPSA) is 29.9 Å². The second kappa shape index (κ2) is 7.83. The minimum absolute atomic E-state index is 0.200. The number of rotatable bonds is 7. The van der Waals surface area contributed by atoms with Gasteiger partial charge in [0.05, 0.1) is 10.0 Å². The largest absolute Gasteiger partial charge is 0.310 e. The lowest BCUT2D eigenvalue weighted by Gasteiger charge is -2.20. The Morgan fingerprint density at radius 2 is 2.10 bits per heavy atom. The molecule has 0 fully saturated rings. The van der Waals surface area contributed by atoms with Crippen LogP contribution in [0.2, 0.25) is 10.0 Å². The summed E-state index contributed by atoms with van der Waals surface area (Å²) in [5, 5.41) is 9.03. The molecule has 1 unspecified atom stereocenters. The van der Waals surface area contributed by atoms with Crippen LogP contribution in [0.3, 0.4) is 0 Å². The normalized spacial score (nSPS) is 12.6. The van der Waals surface area contributed by atoms with Crippen molar-refractivity contribution < 1.29 is 0 Å². The monoisotopic (exact) mass is 325 g/mol. The van der Waals surface area contributed by atoms with Crippen LogP contribution in [0.25, 0.3) is 0 Å². The Balaban J connectivity index is 2.14. The second-order valence-electron chi connectivity index (χ2n) is 5.13. The SMILES string of the molecule is CCCNC(CCc1ccnn1C)c1cccc(Cl)c1Cl. The number of nitrogens with one attached hydrogen (secondary N) is 1. The Morgan fingerprint density at radius 1 is 1.29 bits per heavy atom. The fourth-order valence-electron chi connectivity index (χ4n) is 2.41. The number of aryl methyl sites for hydroxylation is 2. The summed E-state index contributed by atoms with van der Waals surface area (Å²) < 4.78 is 1.91. The molecule has 0 aliphatic rings. The molecule has 1 atom stereocenters. The van der Waals surface area contributed by atoms with Crippen LogP contribution in [0.1, 0.15) is 37.1 Å². The molecule has 5 heteroatoms. The molecule has 114 valence electrons. The summed E-state index contributed by atoms with van der Waals surface area (Å²) in [4.78, 5) is 0. The third-order valence-corrected chi connectivity index (χ3v) is 4.44. The molecule has 2 aromatic rings. The van der Waals surface area contributed by atoms with E-state index in [2.05, 4.69) is 23.4 Å². The first-order chi connectivity index (χ1) is 10.1. The molecule has 1 N–H and O–H groups in total. The molecule has 3 nitrogen and oxygen atoms in total. The van der Waals surface area contributed by atoms with Gasteiger partial charge in [0.2, 0.25) is 0 Å². The van der Waals surface area contributed by atoms with Crippen molar-refractivity contribution in [1.29, 1.82) is 0 Å². The highest BCUT2D eigenvalue weighted by Gasteiger charge is 2.16. The van der Waals surface area contributed by atoms with Crippen molar-refractivity contribution in [3.63, 3.8) is 0 Å². The Hall–Kier alpha value is -1.03. The van der Waals surface area contributed by atoms with Crippen molar-refractivity contribution in [3.05, 3.63) is 51.8 Å². The lowest BCUT2D eigenvalue weighted by atomic mass is 10.0. The van der Waals surface area contributed by atoms with Crippen LogP contribution in [0.5, 0.6) is 0 Å². The van der Waals surface area contributed by atoms with Crippen LogP contribution in [-0.4, -0.2) is 16.3 Å². The smallest absolute Gasteiger partial charge is 0.0640 e. The minimum atomic E-state index is 0.200. The molecule has 0 spiro atoms. The van der Waals surface area contributed by atoms with E-state index in [0.717, 1.165) is 31.4 Å². The van der Waals surface area contributed by atoms with Crippen molar-refractivity contribution in [2.75, 3.05) is 6.54 Å². The lowest BCUT2D eigenvalue weighted by molar-refractivity contribution is 0.492. The summed E-state index contributed by atoms with van der Waals surface area (Å²) in [6.07, 6.45) is 4.82. The number of hydrogen-bond acceptors (Lipinski definition) is 2. The summed E-state index contributed by atoms with van der Waals surface area (Å²) >= 11 is 12.5. The van der Waals surface area contributed by atoms with E-state index in [1.54, 1.807) is 0 Å². The highest BCUT2D eigenvalue weighted by Crippen LogP contribution is 2.32. The zero-order chi connectivity index (χ0) is 15.2. The Bertz CT molecular complexity index is 581. The van der Waals surface area contributed by atoms with Gasteiger partial charge in [0.15, 0.2) is 0 Å². The Kier molecular flexibility index (Phi) is 6.09. The first-order valence-corrected chi connectivity index (χ1v) is 8.03. The van der Waals surface area contributed by atoms with Gasteiger partial charge >= 0.3 is 0 Å². The van der Waals surface area contributed by atoms with E-state index in [9.17, 15) is 0 Å². The van der Waals surface area contributed by atoms with Crippen molar-refractivity contribution in [2.24, 2.45) is 7.05 Å². The van der Waals surface area contributed by atoms with E-state index in [0.29, 0.717) is 10.0 Å². The third kappa shape index (κ3) is 4.22. The summed E-state index contributed by atoms with van der Waals surface area (Å²) in [5.74, 6) is 0. The standard InChI is InChI=1S/C16H21Cl2N3/c1-3-10-19-15(8-7-12-9-11-20-21(12)2)13-5-4-6-14(17)16(13)18/h4-6,9,11,15,19H,3,7-8,10H2,1-2H3. The number of aromatic nitrogens is 2. The van der Waals surface area contributed by atoms with Gasteiger partial charge in [-0.25, -0.2) is 0 Å². The van der Waals surface area contributed by atoms with Crippen LogP contribution in [0, 0.1) is 0 Å². The molecule has 2 rings (SSSR count). The van der Waals surface area contributed by atoms with Gasteiger partial charge in [-0.05, 0) is 43.5 Å². The second-order valence-corrected chi connectivity index (χ2v) is 5.92. The molecule has 0 aliphatic carbocycles. The van der Waals surface area contributed by atoms with E-state index in [1.165, 1.54) is 5.69 Å². The molecule has 21 heavy (non-hydrogen) atoms. The van der Waals surface area contributed by atoms with Gasteiger partial charge in [-0.2, -0.15) is 5.10 Å². The zero-order valence-corrected chi connectivity index (χ0v) is 14.0. The first-order valence-electron chi connectivity index (χ1n) is 7.27. The fourth-order valence-corrected chi connectivity index (χ4v) is 2.85. The predicted octanol–water partition coefficient (Wildman–Crippen LogP) is 4.40. The molecule has 0 saturated carbocycles. The predicted molar refractivity (Wildman–Crippen MR) is 89.0 cm³/mol. The number of nitrogens with zero attached hydrogens (tertiary/aromatic N) is 2. The van der Waals surface area contributed by atoms with Crippen LogP contribution in [0.4, 0.5) is 0 Å². The lowest BCUT2D eigenvalue weighted by Crippen LogP contribution is -2.23. The van der Waals surface area contributed by atoms with E-state index >= 15 is 0 Å². The van der Waals surface area contributed by atoms with Gasteiger partial charge < -0.3 is 5.32 Å². The van der Waals surface area contributed by atoms with E-state index in [1.807, 2.05) is 36.1 Å². The van der Waals surface area contributed by atoms with Gasteiger partial charge in [0.25, 0.3) is 0 Å². The maximum Gasteiger partial charge on any atom is 0.0640 e. The maximum atomic E-state index is 6.37. The van der Waals surface area contributed by atoms with Crippen LogP contribution < -0.4 is 5.32 Å². The zero-order valence-electron chi connectivity index (χ0n) is 12.4. The Labute approximate surface area is 136 Å². The van der Waals surface area contributed by atoms with Crippen molar-refractivity contribution in [3.8, 4) is 0 Å². The molecule has 0 aliphatic heterocycles. The molecular weight excluding hydrogens is 305 g/mol. The van der Waals surface area contributed by atoms with Gasteiger partial charge in [0, 0.05) is 25.0 Å². The third-order valence-electron chi connectivity index (χ3n) is 3.61. The first kappa shape index (κ1) is 16.3. The van der Waals surface area contributed by atoms with Crippen LogP contribution >= 0.6 is 23.2 Å². The average molecular weight is 326 g/mol. The van der Waals surface area contributed by atoms with Gasteiger partial charge in [-0.15, -0.1) is 0 Å². The molecule has 1 aromatic heterocycles. The van der Waals surface area contributed by atoms with Gasteiger partial charge in [-0.3, -0.25) is 4.68 Å².